The predicted molar refractivity (Wildman–Crippen MR) is 122 cm³/mol. The van der Waals surface area contributed by atoms with Crippen molar-refractivity contribution in [1.82, 2.24) is 0 Å². The van der Waals surface area contributed by atoms with Crippen LogP contribution >= 0.6 is 0 Å². The number of hydrogen-bond donors (Lipinski definition) is 0. The molecule has 0 radical (unpaired) electrons. The highest BCUT2D eigenvalue weighted by Crippen LogP contribution is 2.24. The number of para-hydroxylation sites is 1. The molecule has 27 heavy (non-hydrogen) atoms. The first-order valence-electron chi connectivity index (χ1n) is 9.41. The summed E-state index contributed by atoms with van der Waals surface area (Å²) in [6, 6.07) is 27.7. The molecule has 136 valence electrons. The van der Waals surface area contributed by atoms with Crippen molar-refractivity contribution in [2.45, 2.75) is 26.9 Å². The third kappa shape index (κ3) is 4.72. The van der Waals surface area contributed by atoms with Gasteiger partial charge < -0.3 is 0 Å². The van der Waals surface area contributed by atoms with Crippen molar-refractivity contribution < 1.29 is 0 Å². The minimum atomic E-state index is -1.74. The Balaban J connectivity index is 2.06. The highest BCUT2D eigenvalue weighted by atomic mass is 28.3. The fraction of sp³-hybridized carbons (Fsp3) is 0.160. The molecular weight excluding hydrogens is 342 g/mol. The number of hydrogen-bond acceptors (Lipinski definition) is 1. The maximum atomic E-state index is 4.89. The van der Waals surface area contributed by atoms with E-state index in [1.165, 1.54) is 27.5 Å². The topological polar surface area (TPSA) is 12.4 Å². The molecule has 0 N–H and O–H groups in total. The molecule has 0 fully saturated rings. The minimum absolute atomic E-state index is 1.07. The lowest BCUT2D eigenvalue weighted by molar-refractivity contribution is 1.33. The van der Waals surface area contributed by atoms with Crippen LogP contribution in [0.3, 0.4) is 0 Å². The lowest BCUT2D eigenvalue weighted by atomic mass is 10.1. The molecule has 2 heteroatoms. The van der Waals surface area contributed by atoms with Crippen LogP contribution in [0.1, 0.15) is 16.7 Å². The van der Waals surface area contributed by atoms with Crippen LogP contribution in [-0.4, -0.2) is 14.3 Å². The van der Waals surface area contributed by atoms with Gasteiger partial charge in [0, 0.05) is 6.21 Å². The Kier molecular flexibility index (Phi) is 5.87. The van der Waals surface area contributed by atoms with Crippen LogP contribution in [-0.2, 0) is 0 Å². The molecule has 0 aliphatic heterocycles. The Morgan fingerprint density at radius 2 is 1.30 bits per heavy atom. The zero-order chi connectivity index (χ0) is 19.3. The van der Waals surface area contributed by atoms with Gasteiger partial charge in [-0.15, -0.1) is 0 Å². The van der Waals surface area contributed by atoms with Gasteiger partial charge in [-0.05, 0) is 36.1 Å². The van der Waals surface area contributed by atoms with E-state index in [1.807, 2.05) is 6.21 Å². The van der Waals surface area contributed by atoms with E-state index in [1.54, 1.807) is 0 Å². The molecule has 0 spiro atoms. The van der Waals surface area contributed by atoms with Gasteiger partial charge in [0.05, 0.1) is 5.69 Å². The Labute approximate surface area is 164 Å². The summed E-state index contributed by atoms with van der Waals surface area (Å²) in [7, 11) is -1.74. The fourth-order valence-corrected chi connectivity index (χ4v) is 5.55. The molecule has 0 atom stereocenters. The molecule has 0 aliphatic carbocycles. The van der Waals surface area contributed by atoms with Gasteiger partial charge in [0.15, 0.2) is 0 Å². The van der Waals surface area contributed by atoms with Gasteiger partial charge in [0.1, 0.15) is 8.07 Å². The van der Waals surface area contributed by atoms with E-state index in [2.05, 4.69) is 112 Å². The molecule has 1 nitrogen and oxygen atoms in total. The van der Waals surface area contributed by atoms with Gasteiger partial charge in [-0.1, -0.05) is 103 Å². The molecule has 0 saturated carbocycles. The van der Waals surface area contributed by atoms with Crippen LogP contribution in [0.2, 0.25) is 13.1 Å². The van der Waals surface area contributed by atoms with Crippen molar-refractivity contribution in [3.8, 4) is 0 Å². The second kappa shape index (κ2) is 8.32. The first-order valence-corrected chi connectivity index (χ1v) is 12.5. The molecule has 3 rings (SSSR count). The molecular formula is C25H27NSi. The summed E-state index contributed by atoms with van der Waals surface area (Å²) in [6.45, 7) is 9.01. The molecule has 0 bridgehead atoms. The van der Waals surface area contributed by atoms with Crippen molar-refractivity contribution in [2.24, 2.45) is 4.99 Å². The van der Waals surface area contributed by atoms with Gasteiger partial charge in [-0.25, -0.2) is 0 Å². The summed E-state index contributed by atoms with van der Waals surface area (Å²) in [5.41, 5.74) is 8.34. The van der Waals surface area contributed by atoms with E-state index in [-0.39, 0.29) is 0 Å². The first-order chi connectivity index (χ1) is 13.0. The fourth-order valence-electron chi connectivity index (χ4n) is 3.31. The summed E-state index contributed by atoms with van der Waals surface area (Å²) in [6.07, 6.45) is 2.04. The number of aryl methyl sites for hydroxylation is 2. The summed E-state index contributed by atoms with van der Waals surface area (Å²) in [5.74, 6) is 0. The number of rotatable bonds is 5. The number of aliphatic imine (C=N–C) groups is 1. The van der Waals surface area contributed by atoms with Crippen molar-refractivity contribution in [2.75, 3.05) is 0 Å². The maximum absolute atomic E-state index is 4.89. The SMILES string of the molecule is Cc1cccc(C)c1N=C/C(=C/[Si](C)(C)c1ccccc1)c1ccccc1. The van der Waals surface area contributed by atoms with Crippen LogP contribution in [0.5, 0.6) is 0 Å². The molecule has 0 unspecified atom stereocenters. The monoisotopic (exact) mass is 369 g/mol. The second-order valence-corrected chi connectivity index (χ2v) is 11.9. The molecule has 0 saturated heterocycles. The van der Waals surface area contributed by atoms with Gasteiger partial charge in [-0.3, -0.25) is 4.99 Å². The summed E-state index contributed by atoms with van der Waals surface area (Å²) < 4.78 is 0. The number of allylic oxidation sites excluding steroid dienone is 1. The molecule has 3 aromatic carbocycles. The lowest BCUT2D eigenvalue weighted by Crippen LogP contribution is -2.39. The predicted octanol–water partition coefficient (Wildman–Crippen LogP) is 6.24. The Bertz CT molecular complexity index is 934. The highest BCUT2D eigenvalue weighted by molar-refractivity contribution is 6.94. The number of benzene rings is 3. The van der Waals surface area contributed by atoms with E-state index in [0.29, 0.717) is 0 Å². The normalized spacial score (nSPS) is 12.5. The zero-order valence-electron chi connectivity index (χ0n) is 16.6. The van der Waals surface area contributed by atoms with Gasteiger partial charge in [0.25, 0.3) is 0 Å². The highest BCUT2D eigenvalue weighted by Gasteiger charge is 2.21. The number of nitrogens with zero attached hydrogens (tertiary/aromatic N) is 1. The largest absolute Gasteiger partial charge is 0.256 e. The van der Waals surface area contributed by atoms with Crippen LogP contribution in [0.4, 0.5) is 5.69 Å². The van der Waals surface area contributed by atoms with Crippen molar-refractivity contribution >= 4 is 30.7 Å². The van der Waals surface area contributed by atoms with Crippen molar-refractivity contribution in [1.29, 1.82) is 0 Å². The Hall–Kier alpha value is -2.71. The summed E-state index contributed by atoms with van der Waals surface area (Å²) in [5, 5.41) is 1.43. The third-order valence-corrected chi connectivity index (χ3v) is 7.77. The van der Waals surface area contributed by atoms with Gasteiger partial charge in [0.2, 0.25) is 0 Å². The van der Waals surface area contributed by atoms with Crippen molar-refractivity contribution in [3.05, 3.63) is 101 Å². The van der Waals surface area contributed by atoms with E-state index in [0.717, 1.165) is 5.69 Å². The van der Waals surface area contributed by atoms with Crippen LogP contribution in [0.15, 0.2) is 89.6 Å². The molecule has 0 aromatic heterocycles. The Morgan fingerprint density at radius 1 is 0.741 bits per heavy atom. The first kappa shape index (κ1) is 19.1. The molecule has 0 heterocycles. The van der Waals surface area contributed by atoms with E-state index in [9.17, 15) is 0 Å². The molecule has 3 aromatic rings. The standard InChI is InChI=1S/C25H27NSi/c1-20-12-11-13-21(2)25(20)26-18-23(22-14-7-5-8-15-22)19-27(3,4)24-16-9-6-10-17-24/h5-19H,1-4H3/b23-19-,26-18?. The maximum Gasteiger partial charge on any atom is 0.104 e. The van der Waals surface area contributed by atoms with Crippen molar-refractivity contribution in [3.63, 3.8) is 0 Å². The quantitative estimate of drug-likeness (QED) is 0.373. The average molecular weight is 370 g/mol. The summed E-state index contributed by atoms with van der Waals surface area (Å²) in [4.78, 5) is 4.89. The molecule has 0 amide bonds. The van der Waals surface area contributed by atoms with Gasteiger partial charge in [-0.2, -0.15) is 0 Å². The smallest absolute Gasteiger partial charge is 0.104 e. The van der Waals surface area contributed by atoms with E-state index < -0.39 is 8.07 Å². The summed E-state index contributed by atoms with van der Waals surface area (Å²) >= 11 is 0. The van der Waals surface area contributed by atoms with Crippen LogP contribution in [0, 0.1) is 13.8 Å². The zero-order valence-corrected chi connectivity index (χ0v) is 17.6. The average Bonchev–Trinajstić information content (AvgIpc) is 2.68. The second-order valence-electron chi connectivity index (χ2n) is 7.55. The minimum Gasteiger partial charge on any atom is -0.256 e. The Morgan fingerprint density at radius 3 is 1.89 bits per heavy atom. The van der Waals surface area contributed by atoms with E-state index in [4.69, 9.17) is 4.99 Å². The van der Waals surface area contributed by atoms with Crippen LogP contribution in [0.25, 0.3) is 5.57 Å². The lowest BCUT2D eigenvalue weighted by Gasteiger charge is -2.20. The van der Waals surface area contributed by atoms with E-state index >= 15 is 0 Å². The molecule has 0 aliphatic rings. The van der Waals surface area contributed by atoms with Gasteiger partial charge >= 0.3 is 0 Å². The third-order valence-electron chi connectivity index (χ3n) is 4.91. The van der Waals surface area contributed by atoms with Crippen LogP contribution < -0.4 is 5.19 Å².